The van der Waals surface area contributed by atoms with Crippen molar-refractivity contribution in [3.8, 4) is 33.8 Å². The second kappa shape index (κ2) is 13.8. The predicted molar refractivity (Wildman–Crippen MR) is 236 cm³/mol. The van der Waals surface area contributed by atoms with Crippen LogP contribution in [0.4, 0.5) is 17.1 Å². The van der Waals surface area contributed by atoms with E-state index >= 15 is 0 Å². The average Bonchev–Trinajstić information content (AvgIpc) is 3.62. The van der Waals surface area contributed by atoms with Crippen LogP contribution in [0.2, 0.25) is 0 Å². The van der Waals surface area contributed by atoms with E-state index in [9.17, 15) is 0 Å². The summed E-state index contributed by atoms with van der Waals surface area (Å²) in [6.07, 6.45) is 6.99. The first-order chi connectivity index (χ1) is 27.6. The zero-order valence-corrected chi connectivity index (χ0v) is 32.6. The second-order valence-electron chi connectivity index (χ2n) is 16.6. The van der Waals surface area contributed by atoms with Crippen LogP contribution in [-0.4, -0.2) is 0 Å². The fourth-order valence-electron chi connectivity index (χ4n) is 11.0. The molecule has 0 radical (unpaired) electrons. The Morgan fingerprint density at radius 1 is 0.500 bits per heavy atom. The van der Waals surface area contributed by atoms with Crippen molar-refractivity contribution < 1.29 is 4.74 Å². The minimum absolute atomic E-state index is 0.568. The molecule has 56 heavy (non-hydrogen) atoms. The molecule has 0 saturated heterocycles. The lowest BCUT2D eigenvalue weighted by Gasteiger charge is -2.54. The van der Waals surface area contributed by atoms with Crippen LogP contribution in [-0.2, 0) is 0 Å². The number of para-hydroxylation sites is 2. The lowest BCUT2D eigenvalue weighted by Crippen LogP contribution is -2.43. The van der Waals surface area contributed by atoms with E-state index in [0.29, 0.717) is 5.92 Å². The summed E-state index contributed by atoms with van der Waals surface area (Å²) in [5.74, 6) is 5.91. The number of anilines is 3. The summed E-state index contributed by atoms with van der Waals surface area (Å²) >= 11 is 1.88. The van der Waals surface area contributed by atoms with Crippen molar-refractivity contribution in [2.45, 2.75) is 44.9 Å². The molecule has 3 heteroatoms. The van der Waals surface area contributed by atoms with Crippen molar-refractivity contribution in [3.05, 3.63) is 175 Å². The zero-order chi connectivity index (χ0) is 37.2. The van der Waals surface area contributed by atoms with Crippen molar-refractivity contribution in [3.63, 3.8) is 0 Å². The summed E-state index contributed by atoms with van der Waals surface area (Å²) in [5, 5.41) is 2.67. The third-order valence-corrected chi connectivity index (χ3v) is 14.4. The molecule has 7 aromatic carbocycles. The van der Waals surface area contributed by atoms with Gasteiger partial charge in [-0.25, -0.2) is 0 Å². The number of thiophene rings is 1. The van der Waals surface area contributed by atoms with Crippen molar-refractivity contribution in [1.82, 2.24) is 0 Å². The Hall–Kier alpha value is -5.64. The number of ether oxygens (including phenoxy) is 1. The van der Waals surface area contributed by atoms with Gasteiger partial charge in [-0.2, -0.15) is 0 Å². The van der Waals surface area contributed by atoms with Gasteiger partial charge in [0.25, 0.3) is 0 Å². The topological polar surface area (TPSA) is 12.5 Å². The van der Waals surface area contributed by atoms with Crippen molar-refractivity contribution in [2.24, 2.45) is 23.7 Å². The summed E-state index contributed by atoms with van der Waals surface area (Å²) in [4.78, 5) is 2.39. The first-order valence-electron chi connectivity index (χ1n) is 20.5. The van der Waals surface area contributed by atoms with Crippen LogP contribution in [0, 0.1) is 30.6 Å². The van der Waals surface area contributed by atoms with Crippen molar-refractivity contribution in [1.29, 1.82) is 0 Å². The van der Waals surface area contributed by atoms with E-state index in [1.165, 1.54) is 80.1 Å². The molecule has 0 atom stereocenters. The predicted octanol–water partition coefficient (Wildman–Crippen LogP) is 15.5. The van der Waals surface area contributed by atoms with Crippen LogP contribution in [0.25, 0.3) is 42.4 Å². The maximum atomic E-state index is 7.02. The van der Waals surface area contributed by atoms with Gasteiger partial charge in [-0.3, -0.25) is 0 Å². The SMILES string of the molecule is Cc1ccccc1Oc1cc(N(c2ccccc2)c2ccc(-c3ccccc3-c3cccc4sc5ccccc5c34)cc2)ccc1C1[C@H]2C[C@H]3C[C@H](C[C@H]1C3)C2. The van der Waals surface area contributed by atoms with Gasteiger partial charge in [0.1, 0.15) is 11.5 Å². The molecular formula is C53H45NOS. The number of nitrogens with zero attached hydrogens (tertiary/aromatic N) is 1. The maximum Gasteiger partial charge on any atom is 0.133 e. The first kappa shape index (κ1) is 33.7. The molecule has 1 heterocycles. The molecule has 4 bridgehead atoms. The Bertz CT molecular complexity index is 2680. The van der Waals surface area contributed by atoms with Gasteiger partial charge >= 0.3 is 0 Å². The molecular weight excluding hydrogens is 699 g/mol. The molecule has 4 saturated carbocycles. The van der Waals surface area contributed by atoms with Gasteiger partial charge in [-0.15, -0.1) is 11.3 Å². The molecule has 4 fully saturated rings. The van der Waals surface area contributed by atoms with Gasteiger partial charge in [0.15, 0.2) is 0 Å². The number of hydrogen-bond acceptors (Lipinski definition) is 3. The minimum Gasteiger partial charge on any atom is -0.457 e. The molecule has 12 rings (SSSR count). The fourth-order valence-corrected chi connectivity index (χ4v) is 12.2. The summed E-state index contributed by atoms with van der Waals surface area (Å²) in [6.45, 7) is 2.15. The van der Waals surface area contributed by atoms with E-state index in [-0.39, 0.29) is 0 Å². The van der Waals surface area contributed by atoms with Crippen LogP contribution in [0.3, 0.4) is 0 Å². The van der Waals surface area contributed by atoms with Crippen molar-refractivity contribution >= 4 is 48.6 Å². The Kier molecular flexibility index (Phi) is 8.32. The molecule has 0 aliphatic heterocycles. The van der Waals surface area contributed by atoms with Crippen LogP contribution >= 0.6 is 11.3 Å². The zero-order valence-electron chi connectivity index (χ0n) is 31.8. The van der Waals surface area contributed by atoms with E-state index in [0.717, 1.165) is 57.8 Å². The number of benzene rings is 7. The molecule has 4 aliphatic rings. The van der Waals surface area contributed by atoms with Gasteiger partial charge in [-0.05, 0) is 151 Å². The molecule has 0 spiro atoms. The van der Waals surface area contributed by atoms with Gasteiger partial charge in [0, 0.05) is 43.3 Å². The highest BCUT2D eigenvalue weighted by Gasteiger charge is 2.49. The van der Waals surface area contributed by atoms with Gasteiger partial charge < -0.3 is 9.64 Å². The number of rotatable bonds is 8. The van der Waals surface area contributed by atoms with E-state index in [2.05, 4.69) is 176 Å². The third-order valence-electron chi connectivity index (χ3n) is 13.2. The average molecular weight is 744 g/mol. The third kappa shape index (κ3) is 5.83. The summed E-state index contributed by atoms with van der Waals surface area (Å²) < 4.78 is 9.67. The van der Waals surface area contributed by atoms with E-state index in [4.69, 9.17) is 4.74 Å². The maximum absolute atomic E-state index is 7.02. The highest BCUT2D eigenvalue weighted by Crippen LogP contribution is 2.61. The largest absolute Gasteiger partial charge is 0.457 e. The smallest absolute Gasteiger partial charge is 0.133 e. The molecule has 4 aliphatic carbocycles. The van der Waals surface area contributed by atoms with Crippen LogP contribution in [0.15, 0.2) is 164 Å². The lowest BCUT2D eigenvalue weighted by molar-refractivity contribution is -0.00335. The summed E-state index contributed by atoms with van der Waals surface area (Å²) in [5.41, 5.74) is 10.9. The highest BCUT2D eigenvalue weighted by atomic mass is 32.1. The number of fused-ring (bicyclic) bond motifs is 3. The van der Waals surface area contributed by atoms with Gasteiger partial charge in [-0.1, -0.05) is 109 Å². The Morgan fingerprint density at radius 2 is 1.12 bits per heavy atom. The van der Waals surface area contributed by atoms with E-state index < -0.39 is 0 Å². The molecule has 8 aromatic rings. The minimum atomic E-state index is 0.568. The van der Waals surface area contributed by atoms with E-state index in [1.54, 1.807) is 0 Å². The molecule has 1 aromatic heterocycles. The summed E-state index contributed by atoms with van der Waals surface area (Å²) in [7, 11) is 0. The van der Waals surface area contributed by atoms with Crippen molar-refractivity contribution in [2.75, 3.05) is 4.90 Å². The Labute approximate surface area is 334 Å². The number of aryl methyl sites for hydroxylation is 1. The molecule has 2 nitrogen and oxygen atoms in total. The van der Waals surface area contributed by atoms with Gasteiger partial charge in [0.2, 0.25) is 0 Å². The van der Waals surface area contributed by atoms with Crippen LogP contribution in [0.1, 0.15) is 49.1 Å². The fraction of sp³-hybridized carbons (Fsp3) is 0.208. The van der Waals surface area contributed by atoms with Crippen LogP contribution in [0.5, 0.6) is 11.5 Å². The number of hydrogen-bond donors (Lipinski definition) is 0. The molecule has 274 valence electrons. The highest BCUT2D eigenvalue weighted by molar-refractivity contribution is 7.25. The normalized spacial score (nSPS) is 21.1. The summed E-state index contributed by atoms with van der Waals surface area (Å²) in [6, 6.07) is 59.9. The first-order valence-corrected chi connectivity index (χ1v) is 21.3. The Balaban J connectivity index is 1.00. The second-order valence-corrected chi connectivity index (χ2v) is 17.7. The molecule has 0 amide bonds. The standard InChI is InChI=1S/C53H45NOS/c1-34-12-5-9-19-48(34)55-49-33-42(26-27-46(49)52-38-29-35-28-36(31-38)32-39(52)30-35)54(40-13-3-2-4-14-40)41-24-22-37(23-25-41)43-15-6-7-16-44(43)45-18-11-21-51-53(45)47-17-8-10-20-50(47)56-51/h2-27,33,35-36,38-39,52H,28-32H2,1H3/t35-,36+,38+,39-,52?. The van der Waals surface area contributed by atoms with E-state index in [1.807, 2.05) is 11.3 Å². The molecule has 0 N–H and O–H groups in total. The monoisotopic (exact) mass is 743 g/mol. The lowest BCUT2D eigenvalue weighted by atomic mass is 9.50. The van der Waals surface area contributed by atoms with Crippen LogP contribution < -0.4 is 9.64 Å². The molecule has 0 unspecified atom stereocenters. The Morgan fingerprint density at radius 3 is 1.91 bits per heavy atom. The quantitative estimate of drug-likeness (QED) is 0.154. The van der Waals surface area contributed by atoms with Gasteiger partial charge in [0.05, 0.1) is 0 Å².